The zero-order chi connectivity index (χ0) is 14.6. The Balaban J connectivity index is 2.04. The van der Waals surface area contributed by atoms with Crippen molar-refractivity contribution in [3.63, 3.8) is 0 Å². The van der Waals surface area contributed by atoms with Crippen LogP contribution in [0.4, 0.5) is 5.82 Å². The molecule has 0 unspecified atom stereocenters. The average Bonchev–Trinajstić information content (AvgIpc) is 2.84. The van der Waals surface area contributed by atoms with Gasteiger partial charge in [-0.3, -0.25) is 0 Å². The average molecular weight is 340 g/mol. The van der Waals surface area contributed by atoms with Crippen LogP contribution in [-0.2, 0) is 6.42 Å². The first kappa shape index (κ1) is 15.7. The third kappa shape index (κ3) is 4.18. The minimum absolute atomic E-state index is 0.470. The molecule has 1 aliphatic carbocycles. The minimum atomic E-state index is 0.470. The van der Waals surface area contributed by atoms with Gasteiger partial charge >= 0.3 is 0 Å². The van der Waals surface area contributed by atoms with Crippen LogP contribution in [0.15, 0.2) is 10.7 Å². The van der Waals surface area contributed by atoms with Crippen LogP contribution in [0.2, 0.25) is 0 Å². The lowest BCUT2D eigenvalue weighted by atomic mass is 9.78. The standard InChI is InChI=1S/C16H26BrN3/c1-4-14-19-13(17)9-15(20-14)18-11-16(10-12(2)3)7-5-6-8-16/h9,12H,4-8,10-11H2,1-3H3,(H,18,19,20). The summed E-state index contributed by atoms with van der Waals surface area (Å²) in [6.45, 7) is 7.79. The summed E-state index contributed by atoms with van der Waals surface area (Å²) in [5.41, 5.74) is 0.470. The van der Waals surface area contributed by atoms with Crippen LogP contribution in [0, 0.1) is 11.3 Å². The maximum absolute atomic E-state index is 4.57. The molecule has 2 rings (SSSR count). The monoisotopic (exact) mass is 339 g/mol. The molecule has 0 spiro atoms. The van der Waals surface area contributed by atoms with Gasteiger partial charge in [-0.2, -0.15) is 0 Å². The van der Waals surface area contributed by atoms with E-state index >= 15 is 0 Å². The van der Waals surface area contributed by atoms with Crippen LogP contribution in [0.5, 0.6) is 0 Å². The number of aryl methyl sites for hydroxylation is 1. The summed E-state index contributed by atoms with van der Waals surface area (Å²) in [4.78, 5) is 8.93. The van der Waals surface area contributed by atoms with E-state index in [4.69, 9.17) is 0 Å². The van der Waals surface area contributed by atoms with Gasteiger partial charge in [0, 0.05) is 19.0 Å². The van der Waals surface area contributed by atoms with Gasteiger partial charge in [0.1, 0.15) is 16.2 Å². The quantitative estimate of drug-likeness (QED) is 0.755. The van der Waals surface area contributed by atoms with E-state index in [1.807, 2.05) is 6.07 Å². The highest BCUT2D eigenvalue weighted by Gasteiger charge is 2.34. The molecule has 0 amide bonds. The molecule has 0 atom stereocenters. The second-order valence-corrected chi connectivity index (χ2v) is 7.32. The highest BCUT2D eigenvalue weighted by atomic mass is 79.9. The first-order chi connectivity index (χ1) is 9.53. The number of rotatable bonds is 6. The molecule has 1 fully saturated rings. The van der Waals surface area contributed by atoms with E-state index in [1.165, 1.54) is 32.1 Å². The Morgan fingerprint density at radius 2 is 2.00 bits per heavy atom. The SMILES string of the molecule is CCc1nc(Br)cc(NCC2(CC(C)C)CCCC2)n1. The number of anilines is 1. The van der Waals surface area contributed by atoms with Crippen LogP contribution >= 0.6 is 15.9 Å². The number of nitrogens with zero attached hydrogens (tertiary/aromatic N) is 2. The first-order valence-corrected chi connectivity index (χ1v) is 8.60. The Labute approximate surface area is 131 Å². The first-order valence-electron chi connectivity index (χ1n) is 7.80. The molecule has 112 valence electrons. The van der Waals surface area contributed by atoms with Crippen molar-refractivity contribution in [2.45, 2.75) is 59.3 Å². The maximum Gasteiger partial charge on any atom is 0.131 e. The van der Waals surface area contributed by atoms with Crippen molar-refractivity contribution in [2.24, 2.45) is 11.3 Å². The van der Waals surface area contributed by atoms with E-state index in [9.17, 15) is 0 Å². The molecule has 1 heterocycles. The van der Waals surface area contributed by atoms with Gasteiger partial charge in [0.15, 0.2) is 0 Å². The lowest BCUT2D eigenvalue weighted by Gasteiger charge is -2.31. The summed E-state index contributed by atoms with van der Waals surface area (Å²) in [6.07, 6.45) is 7.64. The number of nitrogens with one attached hydrogen (secondary N) is 1. The Kier molecular flexibility index (Phi) is 5.42. The number of hydrogen-bond donors (Lipinski definition) is 1. The van der Waals surface area contributed by atoms with E-state index in [1.54, 1.807) is 0 Å². The fourth-order valence-corrected chi connectivity index (χ4v) is 3.86. The van der Waals surface area contributed by atoms with Crippen molar-refractivity contribution in [2.75, 3.05) is 11.9 Å². The minimum Gasteiger partial charge on any atom is -0.369 e. The van der Waals surface area contributed by atoms with Crippen molar-refractivity contribution in [1.82, 2.24) is 9.97 Å². The van der Waals surface area contributed by atoms with Gasteiger partial charge in [-0.1, -0.05) is 33.6 Å². The van der Waals surface area contributed by atoms with E-state index in [2.05, 4.69) is 52.0 Å². The number of aromatic nitrogens is 2. The fraction of sp³-hybridized carbons (Fsp3) is 0.750. The van der Waals surface area contributed by atoms with Crippen molar-refractivity contribution in [1.29, 1.82) is 0 Å². The highest BCUT2D eigenvalue weighted by Crippen LogP contribution is 2.43. The molecule has 1 N–H and O–H groups in total. The predicted octanol–water partition coefficient (Wildman–Crippen LogP) is 4.82. The van der Waals surface area contributed by atoms with Crippen LogP contribution in [0.25, 0.3) is 0 Å². The Morgan fingerprint density at radius 3 is 2.60 bits per heavy atom. The van der Waals surface area contributed by atoms with Crippen molar-refractivity contribution in [3.8, 4) is 0 Å². The van der Waals surface area contributed by atoms with Gasteiger partial charge < -0.3 is 5.32 Å². The van der Waals surface area contributed by atoms with Crippen LogP contribution in [-0.4, -0.2) is 16.5 Å². The topological polar surface area (TPSA) is 37.8 Å². The molecular weight excluding hydrogens is 314 g/mol. The normalized spacial score (nSPS) is 17.6. The molecule has 3 nitrogen and oxygen atoms in total. The van der Waals surface area contributed by atoms with E-state index < -0.39 is 0 Å². The van der Waals surface area contributed by atoms with Gasteiger partial charge in [-0.15, -0.1) is 0 Å². The van der Waals surface area contributed by atoms with Gasteiger partial charge in [0.05, 0.1) is 0 Å². The molecule has 4 heteroatoms. The lowest BCUT2D eigenvalue weighted by molar-refractivity contribution is 0.252. The third-order valence-electron chi connectivity index (χ3n) is 4.21. The van der Waals surface area contributed by atoms with E-state index in [-0.39, 0.29) is 0 Å². The summed E-state index contributed by atoms with van der Waals surface area (Å²) in [6, 6.07) is 1.98. The largest absolute Gasteiger partial charge is 0.369 e. The smallest absolute Gasteiger partial charge is 0.131 e. The van der Waals surface area contributed by atoms with Crippen LogP contribution in [0.1, 0.15) is 58.7 Å². The molecule has 1 aromatic heterocycles. The van der Waals surface area contributed by atoms with Gasteiger partial charge in [-0.25, -0.2) is 9.97 Å². The predicted molar refractivity (Wildman–Crippen MR) is 88.0 cm³/mol. The third-order valence-corrected chi connectivity index (χ3v) is 4.61. The van der Waals surface area contributed by atoms with Crippen LogP contribution < -0.4 is 5.32 Å². The summed E-state index contributed by atoms with van der Waals surface area (Å²) in [5.74, 6) is 2.61. The van der Waals surface area contributed by atoms with Gasteiger partial charge in [-0.05, 0) is 46.5 Å². The molecular formula is C16H26BrN3. The van der Waals surface area contributed by atoms with Gasteiger partial charge in [0.25, 0.3) is 0 Å². The second-order valence-electron chi connectivity index (χ2n) is 6.50. The zero-order valence-electron chi connectivity index (χ0n) is 12.9. The van der Waals surface area contributed by atoms with Crippen molar-refractivity contribution in [3.05, 3.63) is 16.5 Å². The molecule has 0 saturated heterocycles. The molecule has 0 aliphatic heterocycles. The molecule has 20 heavy (non-hydrogen) atoms. The summed E-state index contributed by atoms with van der Waals surface area (Å²) >= 11 is 3.47. The fourth-order valence-electron chi connectivity index (χ4n) is 3.44. The number of hydrogen-bond acceptors (Lipinski definition) is 3. The van der Waals surface area contributed by atoms with Gasteiger partial charge in [0.2, 0.25) is 0 Å². The molecule has 1 saturated carbocycles. The molecule has 1 aliphatic rings. The molecule has 0 aromatic carbocycles. The van der Waals surface area contributed by atoms with E-state index in [0.29, 0.717) is 5.41 Å². The van der Waals surface area contributed by atoms with E-state index in [0.717, 1.165) is 35.1 Å². The Hall–Kier alpha value is -0.640. The van der Waals surface area contributed by atoms with Crippen LogP contribution in [0.3, 0.4) is 0 Å². The Morgan fingerprint density at radius 1 is 1.30 bits per heavy atom. The van der Waals surface area contributed by atoms with Crippen molar-refractivity contribution < 1.29 is 0 Å². The van der Waals surface area contributed by atoms with Crippen molar-refractivity contribution >= 4 is 21.7 Å². The zero-order valence-corrected chi connectivity index (χ0v) is 14.5. The molecule has 0 radical (unpaired) electrons. The highest BCUT2D eigenvalue weighted by molar-refractivity contribution is 9.10. The number of halogens is 1. The maximum atomic E-state index is 4.57. The Bertz CT molecular complexity index is 439. The lowest BCUT2D eigenvalue weighted by Crippen LogP contribution is -2.28. The summed E-state index contributed by atoms with van der Waals surface area (Å²) < 4.78 is 0.871. The molecule has 1 aromatic rings. The summed E-state index contributed by atoms with van der Waals surface area (Å²) in [7, 11) is 0. The molecule has 0 bridgehead atoms. The summed E-state index contributed by atoms with van der Waals surface area (Å²) in [5, 5.41) is 3.57. The second kappa shape index (κ2) is 6.88.